The molecule has 4 heteroatoms. The van der Waals surface area contributed by atoms with Crippen LogP contribution in [-0.4, -0.2) is 18.6 Å². The number of rotatable bonds is 3. The Morgan fingerprint density at radius 3 is 2.70 bits per heavy atom. The third kappa shape index (κ3) is 2.60. The Bertz CT molecular complexity index is 643. The Morgan fingerprint density at radius 2 is 1.95 bits per heavy atom. The van der Waals surface area contributed by atoms with Gasteiger partial charge in [0.05, 0.1) is 0 Å². The number of carbonyl (C=O) groups is 1. The van der Waals surface area contributed by atoms with E-state index in [1.165, 1.54) is 11.3 Å². The van der Waals surface area contributed by atoms with E-state index in [4.69, 9.17) is 9.47 Å². The first-order chi connectivity index (χ1) is 9.84. The zero-order chi connectivity index (χ0) is 13.8. The second-order valence-electron chi connectivity index (χ2n) is 4.40. The van der Waals surface area contributed by atoms with Crippen molar-refractivity contribution >= 4 is 5.91 Å². The first-order valence-corrected chi connectivity index (χ1v) is 6.39. The van der Waals surface area contributed by atoms with Gasteiger partial charge in [0.1, 0.15) is 12.4 Å². The molecule has 1 unspecified atom stereocenters. The Labute approximate surface area is 116 Å². The lowest BCUT2D eigenvalue weighted by Gasteiger charge is -2.09. The second-order valence-corrected chi connectivity index (χ2v) is 4.40. The van der Waals surface area contributed by atoms with Crippen LogP contribution in [0.25, 0.3) is 0 Å². The number of para-hydroxylation sites is 2. The van der Waals surface area contributed by atoms with E-state index in [1.54, 1.807) is 0 Å². The van der Waals surface area contributed by atoms with Gasteiger partial charge in [-0.15, -0.1) is 0 Å². The van der Waals surface area contributed by atoms with Gasteiger partial charge in [0.25, 0.3) is 0 Å². The monoisotopic (exact) mass is 268 g/mol. The summed E-state index contributed by atoms with van der Waals surface area (Å²) in [6.45, 7) is 1.64. The molecular weight excluding hydrogens is 254 g/mol. The van der Waals surface area contributed by atoms with E-state index in [0.29, 0.717) is 0 Å². The van der Waals surface area contributed by atoms with Crippen LogP contribution in [0, 0.1) is 6.73 Å². The normalized spacial score (nSPS) is 17.9. The van der Waals surface area contributed by atoms with E-state index in [9.17, 15) is 4.79 Å². The highest BCUT2D eigenvalue weighted by molar-refractivity contribution is 5.84. The van der Waals surface area contributed by atoms with E-state index >= 15 is 0 Å². The van der Waals surface area contributed by atoms with Crippen LogP contribution in [-0.2, 0) is 9.53 Å². The lowest BCUT2D eigenvalue weighted by atomic mass is 10.3. The maximum absolute atomic E-state index is 12.2. The zero-order valence-corrected chi connectivity index (χ0v) is 10.8. The molecule has 1 heterocycles. The number of carbonyl (C=O) groups excluding carboxylic acids is 1. The molecule has 3 rings (SSSR count). The predicted octanol–water partition coefficient (Wildman–Crippen LogP) is 1.30. The van der Waals surface area contributed by atoms with Crippen LogP contribution in [0.2, 0.25) is 0 Å². The molecule has 1 fully saturated rings. The predicted molar refractivity (Wildman–Crippen MR) is 73.4 cm³/mol. The van der Waals surface area contributed by atoms with Crippen LogP contribution < -0.4 is 14.7 Å². The Kier molecular flexibility index (Phi) is 3.56. The molecule has 1 aliphatic rings. The van der Waals surface area contributed by atoms with Gasteiger partial charge in [0.15, 0.2) is 12.8 Å². The number of benzene rings is 2. The van der Waals surface area contributed by atoms with Crippen molar-refractivity contribution in [3.8, 4) is 5.75 Å². The summed E-state index contributed by atoms with van der Waals surface area (Å²) in [6.07, 6.45) is -0.601. The number of hydrogen-bond donors (Lipinski definition) is 0. The molecule has 1 amide bonds. The molecule has 20 heavy (non-hydrogen) atoms. The number of amides is 1. The SMILES string of the molecule is O=C1C(COc2ccccc2)O[CH-][N+]1=c1cccc[cH-]1. The molecular formula is C16H14NO3-. The fourth-order valence-electron chi connectivity index (χ4n) is 1.98. The summed E-state index contributed by atoms with van der Waals surface area (Å²) < 4.78 is 12.4. The van der Waals surface area contributed by atoms with Crippen molar-refractivity contribution in [3.05, 3.63) is 72.8 Å². The van der Waals surface area contributed by atoms with Crippen molar-refractivity contribution in [1.82, 2.24) is 4.58 Å². The molecule has 2 aromatic carbocycles. The quantitative estimate of drug-likeness (QED) is 0.622. The average Bonchev–Trinajstić information content (AvgIpc) is 2.88. The largest absolute Gasteiger partial charge is 0.491 e. The maximum atomic E-state index is 12.2. The van der Waals surface area contributed by atoms with E-state index in [2.05, 4.69) is 0 Å². The lowest BCUT2D eigenvalue weighted by molar-refractivity contribution is -0.125. The molecule has 0 radical (unpaired) electrons. The minimum absolute atomic E-state index is 0.118. The van der Waals surface area contributed by atoms with Crippen molar-refractivity contribution in [3.63, 3.8) is 0 Å². The molecule has 102 valence electrons. The summed E-state index contributed by atoms with van der Waals surface area (Å²) in [6, 6.07) is 18.8. The summed E-state index contributed by atoms with van der Waals surface area (Å²) in [7, 11) is 0. The Hall–Kier alpha value is -2.46. The van der Waals surface area contributed by atoms with Crippen molar-refractivity contribution in [2.75, 3.05) is 6.61 Å². The van der Waals surface area contributed by atoms with Crippen molar-refractivity contribution < 1.29 is 14.3 Å². The first-order valence-electron chi connectivity index (χ1n) is 6.39. The van der Waals surface area contributed by atoms with Gasteiger partial charge in [0.2, 0.25) is 0 Å². The van der Waals surface area contributed by atoms with E-state index < -0.39 is 6.10 Å². The molecule has 0 spiro atoms. The summed E-state index contributed by atoms with van der Waals surface area (Å²) in [5, 5.41) is 0.791. The fourth-order valence-corrected chi connectivity index (χ4v) is 1.98. The number of hydrogen-bond acceptors (Lipinski definition) is 3. The molecule has 0 saturated carbocycles. The highest BCUT2D eigenvalue weighted by Crippen LogP contribution is 2.12. The summed E-state index contributed by atoms with van der Waals surface area (Å²) in [5.74, 6) is 0.606. The van der Waals surface area contributed by atoms with Gasteiger partial charge >= 0.3 is 5.91 Å². The molecule has 0 N–H and O–H groups in total. The Balaban J connectivity index is 1.71. The molecule has 1 aliphatic heterocycles. The van der Waals surface area contributed by atoms with E-state index in [-0.39, 0.29) is 12.5 Å². The topological polar surface area (TPSA) is 38.5 Å². The number of ether oxygens (including phenoxy) is 2. The first kappa shape index (κ1) is 12.6. The molecule has 0 aliphatic carbocycles. The summed E-state index contributed by atoms with van der Waals surface area (Å²) >= 11 is 0. The fraction of sp³-hybridized carbons (Fsp3) is 0.125. The van der Waals surface area contributed by atoms with Gasteiger partial charge in [-0.2, -0.15) is 30.3 Å². The zero-order valence-electron chi connectivity index (χ0n) is 10.8. The van der Waals surface area contributed by atoms with Crippen LogP contribution in [0.5, 0.6) is 5.75 Å². The van der Waals surface area contributed by atoms with Crippen LogP contribution in [0.3, 0.4) is 0 Å². The average molecular weight is 268 g/mol. The van der Waals surface area contributed by atoms with Gasteiger partial charge in [-0.1, -0.05) is 18.2 Å². The molecule has 1 saturated heterocycles. The molecule has 0 bridgehead atoms. The smallest absolute Gasteiger partial charge is 0.314 e. The summed E-state index contributed by atoms with van der Waals surface area (Å²) in [5.41, 5.74) is 0. The number of nitrogens with zero attached hydrogens (tertiary/aromatic N) is 1. The third-order valence-corrected chi connectivity index (χ3v) is 3.02. The van der Waals surface area contributed by atoms with Gasteiger partial charge in [0, 0.05) is 5.36 Å². The molecule has 2 aromatic rings. The molecule has 0 aromatic heterocycles. The van der Waals surface area contributed by atoms with E-state index in [0.717, 1.165) is 11.1 Å². The molecule has 4 nitrogen and oxygen atoms in total. The Morgan fingerprint density at radius 1 is 1.15 bits per heavy atom. The highest BCUT2D eigenvalue weighted by atomic mass is 16.6. The van der Waals surface area contributed by atoms with Gasteiger partial charge < -0.3 is 9.47 Å². The third-order valence-electron chi connectivity index (χ3n) is 3.02. The van der Waals surface area contributed by atoms with Gasteiger partial charge in [-0.25, -0.2) is 0 Å². The van der Waals surface area contributed by atoms with Gasteiger partial charge in [-0.3, -0.25) is 9.37 Å². The van der Waals surface area contributed by atoms with Crippen molar-refractivity contribution in [2.45, 2.75) is 6.10 Å². The minimum atomic E-state index is -0.601. The summed E-state index contributed by atoms with van der Waals surface area (Å²) in [4.78, 5) is 12.2. The van der Waals surface area contributed by atoms with E-state index in [1.807, 2.05) is 60.7 Å². The highest BCUT2D eigenvalue weighted by Gasteiger charge is 2.30. The van der Waals surface area contributed by atoms with Crippen molar-refractivity contribution in [2.24, 2.45) is 0 Å². The second kappa shape index (κ2) is 5.67. The van der Waals surface area contributed by atoms with Gasteiger partial charge in [-0.05, 0) is 12.1 Å². The van der Waals surface area contributed by atoms with Crippen LogP contribution in [0.15, 0.2) is 60.7 Å². The van der Waals surface area contributed by atoms with Crippen LogP contribution in [0.1, 0.15) is 0 Å². The molecule has 1 atom stereocenters. The maximum Gasteiger partial charge on any atom is 0.314 e. The van der Waals surface area contributed by atoms with Crippen LogP contribution >= 0.6 is 0 Å². The van der Waals surface area contributed by atoms with Crippen LogP contribution in [0.4, 0.5) is 0 Å². The minimum Gasteiger partial charge on any atom is -0.491 e. The van der Waals surface area contributed by atoms with Crippen molar-refractivity contribution in [1.29, 1.82) is 0 Å². The lowest BCUT2D eigenvalue weighted by Crippen LogP contribution is -2.35. The standard InChI is InChI=1S/C16H14NO3/c18-16-15(11-19-14-9-5-2-6-10-14)20-12-17(16)13-7-3-1-4-8-13/h1-10,12,15H,11H2/q-1.